The van der Waals surface area contributed by atoms with Crippen LogP contribution in [0.3, 0.4) is 0 Å². The molecule has 1 fully saturated rings. The molecular weight excluding hydrogens is 387 g/mol. The molecule has 9 heteroatoms. The molecule has 0 bridgehead atoms. The molecule has 0 spiro atoms. The molecule has 1 amide bonds. The molecule has 0 aliphatic carbocycles. The van der Waals surface area contributed by atoms with Crippen molar-refractivity contribution in [3.63, 3.8) is 0 Å². The molecule has 0 atom stereocenters. The quantitative estimate of drug-likeness (QED) is 0.789. The van der Waals surface area contributed by atoms with Crippen molar-refractivity contribution in [2.24, 2.45) is 0 Å². The van der Waals surface area contributed by atoms with Crippen molar-refractivity contribution in [2.75, 3.05) is 26.2 Å². The fraction of sp³-hybridized carbons (Fsp3) is 0.312. The Morgan fingerprint density at radius 2 is 1.88 bits per heavy atom. The van der Waals surface area contributed by atoms with Crippen LogP contribution < -0.4 is 0 Å². The predicted molar refractivity (Wildman–Crippen MR) is 94.8 cm³/mol. The average molecular weight is 403 g/mol. The predicted octanol–water partition coefficient (Wildman–Crippen LogP) is 2.62. The molecule has 1 aromatic carbocycles. The van der Waals surface area contributed by atoms with Crippen LogP contribution in [0.1, 0.15) is 5.56 Å². The van der Waals surface area contributed by atoms with Gasteiger partial charge in [0.05, 0.1) is 10.8 Å². The van der Waals surface area contributed by atoms with E-state index in [4.69, 9.17) is 11.6 Å². The lowest BCUT2D eigenvalue weighted by atomic mass is 10.1. The highest BCUT2D eigenvalue weighted by molar-refractivity contribution is 7.91. The second-order valence-electron chi connectivity index (χ2n) is 5.65. The number of hydrogen-bond donors (Lipinski definition) is 0. The van der Waals surface area contributed by atoms with Crippen molar-refractivity contribution in [3.8, 4) is 0 Å². The summed E-state index contributed by atoms with van der Waals surface area (Å²) >= 11 is 6.83. The summed E-state index contributed by atoms with van der Waals surface area (Å²) in [6, 6.07) is 8.96. The SMILES string of the molecule is O=C(Cc1cccc(F)c1)N1CCN(S(=O)(=O)c2ccc(Cl)s2)CC1. The lowest BCUT2D eigenvalue weighted by molar-refractivity contribution is -0.131. The Kier molecular flexibility index (Phi) is 5.43. The molecule has 0 unspecified atom stereocenters. The Morgan fingerprint density at radius 3 is 2.48 bits per heavy atom. The van der Waals surface area contributed by atoms with Crippen molar-refractivity contribution < 1.29 is 17.6 Å². The third-order valence-electron chi connectivity index (χ3n) is 3.98. The Bertz CT molecular complexity index is 877. The van der Waals surface area contributed by atoms with Crippen LogP contribution in [0.25, 0.3) is 0 Å². The van der Waals surface area contributed by atoms with E-state index in [1.165, 1.54) is 22.5 Å². The van der Waals surface area contributed by atoms with Crippen LogP contribution in [0, 0.1) is 5.82 Å². The van der Waals surface area contributed by atoms with E-state index >= 15 is 0 Å². The van der Waals surface area contributed by atoms with E-state index in [2.05, 4.69) is 0 Å². The summed E-state index contributed by atoms with van der Waals surface area (Å²) in [5, 5.41) is 0. The van der Waals surface area contributed by atoms with E-state index in [1.807, 2.05) is 0 Å². The molecule has 25 heavy (non-hydrogen) atoms. The summed E-state index contributed by atoms with van der Waals surface area (Å²) in [5.41, 5.74) is 0.605. The van der Waals surface area contributed by atoms with Crippen LogP contribution in [0.15, 0.2) is 40.6 Å². The van der Waals surface area contributed by atoms with Crippen LogP contribution in [0.4, 0.5) is 4.39 Å². The minimum absolute atomic E-state index is 0.102. The summed E-state index contributed by atoms with van der Waals surface area (Å²) in [7, 11) is -3.57. The molecular formula is C16H16ClFN2O3S2. The smallest absolute Gasteiger partial charge is 0.252 e. The third-order valence-corrected chi connectivity index (χ3v) is 7.58. The van der Waals surface area contributed by atoms with Gasteiger partial charge in [-0.1, -0.05) is 23.7 Å². The molecule has 5 nitrogen and oxygen atoms in total. The van der Waals surface area contributed by atoms with E-state index < -0.39 is 10.0 Å². The van der Waals surface area contributed by atoms with Gasteiger partial charge in [0.15, 0.2) is 0 Å². The van der Waals surface area contributed by atoms with Crippen LogP contribution >= 0.6 is 22.9 Å². The highest BCUT2D eigenvalue weighted by Gasteiger charge is 2.31. The highest BCUT2D eigenvalue weighted by atomic mass is 35.5. The summed E-state index contributed by atoms with van der Waals surface area (Å²) in [4.78, 5) is 13.9. The molecule has 134 valence electrons. The number of hydrogen-bond acceptors (Lipinski definition) is 4. The number of piperazine rings is 1. The van der Waals surface area contributed by atoms with Gasteiger partial charge >= 0.3 is 0 Å². The Labute approximate surface area is 154 Å². The Balaban J connectivity index is 1.61. The molecule has 0 saturated carbocycles. The van der Waals surface area contributed by atoms with Crippen LogP contribution in [0.2, 0.25) is 4.34 Å². The topological polar surface area (TPSA) is 57.7 Å². The number of thiophene rings is 1. The number of amides is 1. The van der Waals surface area contributed by atoms with Gasteiger partial charge < -0.3 is 4.90 Å². The maximum atomic E-state index is 13.2. The van der Waals surface area contributed by atoms with Crippen molar-refractivity contribution in [2.45, 2.75) is 10.6 Å². The number of rotatable bonds is 4. The third kappa shape index (κ3) is 4.20. The van der Waals surface area contributed by atoms with E-state index in [1.54, 1.807) is 23.1 Å². The molecule has 1 saturated heterocycles. The molecule has 0 N–H and O–H groups in total. The first-order chi connectivity index (χ1) is 11.9. The highest BCUT2D eigenvalue weighted by Crippen LogP contribution is 2.28. The van der Waals surface area contributed by atoms with Gasteiger partial charge in [-0.3, -0.25) is 4.79 Å². The van der Waals surface area contributed by atoms with E-state index in [0.717, 1.165) is 11.3 Å². The second kappa shape index (κ2) is 7.41. The normalized spacial score (nSPS) is 16.2. The van der Waals surface area contributed by atoms with Crippen LogP contribution in [0.5, 0.6) is 0 Å². The van der Waals surface area contributed by atoms with Gasteiger partial charge in [0.25, 0.3) is 10.0 Å². The Hall–Kier alpha value is -1.48. The Morgan fingerprint density at radius 1 is 1.16 bits per heavy atom. The van der Waals surface area contributed by atoms with E-state index in [-0.39, 0.29) is 35.4 Å². The van der Waals surface area contributed by atoms with Crippen LogP contribution in [-0.2, 0) is 21.2 Å². The number of nitrogens with zero attached hydrogens (tertiary/aromatic N) is 2. The van der Waals surface area contributed by atoms with Gasteiger partial charge in [0.2, 0.25) is 5.91 Å². The molecule has 1 aliphatic rings. The van der Waals surface area contributed by atoms with Crippen molar-refractivity contribution in [1.82, 2.24) is 9.21 Å². The first kappa shape index (κ1) is 18.3. The fourth-order valence-corrected chi connectivity index (χ4v) is 5.73. The number of carbonyl (C=O) groups is 1. The molecule has 2 heterocycles. The standard InChI is InChI=1S/C16H16ClFN2O3S2/c17-14-4-5-16(24-14)25(22,23)20-8-6-19(7-9-20)15(21)11-12-2-1-3-13(18)10-12/h1-5,10H,6-9,11H2. The largest absolute Gasteiger partial charge is 0.340 e. The minimum atomic E-state index is -3.57. The summed E-state index contributed by atoms with van der Waals surface area (Å²) in [6.45, 7) is 1.08. The number of halogens is 2. The molecule has 2 aromatic rings. The maximum Gasteiger partial charge on any atom is 0.252 e. The van der Waals surface area contributed by atoms with Gasteiger partial charge in [-0.05, 0) is 29.8 Å². The van der Waals surface area contributed by atoms with Crippen molar-refractivity contribution in [3.05, 3.63) is 52.1 Å². The van der Waals surface area contributed by atoms with Gasteiger partial charge in [-0.25, -0.2) is 12.8 Å². The molecule has 1 aliphatic heterocycles. The van der Waals surface area contributed by atoms with Crippen molar-refractivity contribution in [1.29, 1.82) is 0 Å². The fourth-order valence-electron chi connectivity index (χ4n) is 2.67. The van der Waals surface area contributed by atoms with Crippen LogP contribution in [-0.4, -0.2) is 49.7 Å². The van der Waals surface area contributed by atoms with E-state index in [0.29, 0.717) is 23.0 Å². The molecule has 0 radical (unpaired) electrons. The lowest BCUT2D eigenvalue weighted by Gasteiger charge is -2.33. The first-order valence-electron chi connectivity index (χ1n) is 7.64. The van der Waals surface area contributed by atoms with Gasteiger partial charge in [-0.2, -0.15) is 4.31 Å². The zero-order valence-corrected chi connectivity index (χ0v) is 15.6. The summed E-state index contributed by atoms with van der Waals surface area (Å²) in [6.07, 6.45) is 0.102. The number of carbonyl (C=O) groups excluding carboxylic acids is 1. The lowest BCUT2D eigenvalue weighted by Crippen LogP contribution is -2.50. The maximum absolute atomic E-state index is 13.2. The monoisotopic (exact) mass is 402 g/mol. The van der Waals surface area contributed by atoms with Gasteiger partial charge in [0.1, 0.15) is 10.0 Å². The molecule has 3 rings (SSSR count). The second-order valence-corrected chi connectivity index (χ2v) is 9.53. The number of benzene rings is 1. The summed E-state index contributed by atoms with van der Waals surface area (Å²) in [5.74, 6) is -0.516. The van der Waals surface area contributed by atoms with Gasteiger partial charge in [0, 0.05) is 26.2 Å². The average Bonchev–Trinajstić information content (AvgIpc) is 3.02. The van der Waals surface area contributed by atoms with Gasteiger partial charge in [-0.15, -0.1) is 11.3 Å². The first-order valence-corrected chi connectivity index (χ1v) is 10.3. The van der Waals surface area contributed by atoms with E-state index in [9.17, 15) is 17.6 Å². The zero-order chi connectivity index (χ0) is 18.0. The minimum Gasteiger partial charge on any atom is -0.340 e. The summed E-state index contributed by atoms with van der Waals surface area (Å²) < 4.78 is 40.3. The number of sulfonamides is 1. The zero-order valence-electron chi connectivity index (χ0n) is 13.2. The van der Waals surface area contributed by atoms with Crippen molar-refractivity contribution >= 4 is 38.9 Å². The molecule has 1 aromatic heterocycles.